The third-order valence-electron chi connectivity index (χ3n) is 9.28. The number of hydrazone groups is 1. The van der Waals surface area contributed by atoms with Gasteiger partial charge in [0.15, 0.2) is 18.1 Å². The molecule has 4 aliphatic rings. The number of rotatable bonds is 13. The van der Waals surface area contributed by atoms with Crippen molar-refractivity contribution in [1.29, 1.82) is 0 Å². The normalized spacial score (nSPS) is 23.1. The van der Waals surface area contributed by atoms with Crippen LogP contribution in [-0.2, 0) is 15.0 Å². The number of hydrogen-bond donors (Lipinski definition) is 2. The van der Waals surface area contributed by atoms with Crippen molar-refractivity contribution < 1.29 is 23.8 Å². The number of benzene rings is 3. The Morgan fingerprint density at radius 3 is 2.22 bits per heavy atom. The van der Waals surface area contributed by atoms with Crippen LogP contribution in [0.25, 0.3) is 0 Å². The summed E-state index contributed by atoms with van der Waals surface area (Å²) in [4.78, 5) is 25.9. The first-order valence-corrected chi connectivity index (χ1v) is 16.8. The largest absolute Gasteiger partial charge is 0.497 e. The monoisotopic (exact) mass is 627 g/mol. The second-order valence-electron chi connectivity index (χ2n) is 12.5. The molecule has 0 atom stereocenters. The minimum absolute atomic E-state index is 0.147. The zero-order valence-corrected chi connectivity index (χ0v) is 26.7. The van der Waals surface area contributed by atoms with Crippen LogP contribution >= 0.6 is 11.8 Å². The van der Waals surface area contributed by atoms with Gasteiger partial charge in [-0.1, -0.05) is 12.1 Å². The standard InChI is InChI=1S/C36H41N3O5S/c1-3-43-33-17-24(21-37-39-35(41)23-45-31-11-9-30(42-2)10-12-31)4-13-32(33)44-22-34(40)38-29-7-5-28(6-8-29)36-18-25-14-26(19-36)16-27(15-25)20-36/h4-13,17,21,25-27H,3,14-16,18-20,22-23H2,1-2H3,(H,38,40)(H,39,41)/b37-21+. The van der Waals surface area contributed by atoms with Gasteiger partial charge < -0.3 is 19.5 Å². The summed E-state index contributed by atoms with van der Waals surface area (Å²) in [5.74, 6) is 4.20. The first kappa shape index (κ1) is 31.0. The van der Waals surface area contributed by atoms with Crippen LogP contribution in [0.5, 0.6) is 17.2 Å². The fourth-order valence-electron chi connectivity index (χ4n) is 7.74. The number of carbonyl (C=O) groups excluding carboxylic acids is 2. The third-order valence-corrected chi connectivity index (χ3v) is 10.3. The molecule has 0 aliphatic heterocycles. The predicted octanol–water partition coefficient (Wildman–Crippen LogP) is 6.82. The molecular weight excluding hydrogens is 586 g/mol. The van der Waals surface area contributed by atoms with Gasteiger partial charge in [0.25, 0.3) is 5.91 Å². The van der Waals surface area contributed by atoms with E-state index in [9.17, 15) is 9.59 Å². The highest BCUT2D eigenvalue weighted by molar-refractivity contribution is 8.00. The molecule has 0 radical (unpaired) electrons. The molecular formula is C36H41N3O5S. The van der Waals surface area contributed by atoms with E-state index in [-0.39, 0.29) is 24.2 Å². The number of thioether (sulfide) groups is 1. The lowest BCUT2D eigenvalue weighted by atomic mass is 9.48. The number of carbonyl (C=O) groups is 2. The number of nitrogens with one attached hydrogen (secondary N) is 2. The summed E-state index contributed by atoms with van der Waals surface area (Å²) in [6, 6.07) is 21.3. The first-order chi connectivity index (χ1) is 21.9. The zero-order valence-electron chi connectivity index (χ0n) is 25.9. The van der Waals surface area contributed by atoms with Gasteiger partial charge in [-0.3, -0.25) is 9.59 Å². The van der Waals surface area contributed by atoms with Crippen molar-refractivity contribution in [3.63, 3.8) is 0 Å². The van der Waals surface area contributed by atoms with Crippen LogP contribution in [0.4, 0.5) is 5.69 Å². The molecule has 7 rings (SSSR count). The number of hydrogen-bond acceptors (Lipinski definition) is 7. The maximum atomic E-state index is 12.8. The highest BCUT2D eigenvalue weighted by atomic mass is 32.2. The van der Waals surface area contributed by atoms with Crippen LogP contribution in [-0.4, -0.2) is 44.1 Å². The smallest absolute Gasteiger partial charge is 0.262 e. The second kappa shape index (κ2) is 14.0. The Bertz CT molecular complexity index is 1490. The first-order valence-electron chi connectivity index (χ1n) is 15.8. The summed E-state index contributed by atoms with van der Waals surface area (Å²) in [6.45, 7) is 2.16. The van der Waals surface area contributed by atoms with Gasteiger partial charge in [0.05, 0.1) is 25.7 Å². The third kappa shape index (κ3) is 7.64. The molecule has 9 heteroatoms. The number of methoxy groups -OCH3 is 1. The summed E-state index contributed by atoms with van der Waals surface area (Å²) in [6.07, 6.45) is 9.80. The quantitative estimate of drug-likeness (QED) is 0.123. The maximum Gasteiger partial charge on any atom is 0.262 e. The molecule has 3 aromatic carbocycles. The van der Waals surface area contributed by atoms with Crippen molar-refractivity contribution in [1.82, 2.24) is 5.43 Å². The summed E-state index contributed by atoms with van der Waals surface area (Å²) in [7, 11) is 1.62. The van der Waals surface area contributed by atoms with Gasteiger partial charge in [-0.25, -0.2) is 5.43 Å². The maximum absolute atomic E-state index is 12.8. The molecule has 4 bridgehead atoms. The predicted molar refractivity (Wildman–Crippen MR) is 177 cm³/mol. The highest BCUT2D eigenvalue weighted by Crippen LogP contribution is 2.60. The van der Waals surface area contributed by atoms with Crippen LogP contribution in [0.15, 0.2) is 76.7 Å². The minimum Gasteiger partial charge on any atom is -0.497 e. The Hall–Kier alpha value is -3.98. The molecule has 4 fully saturated rings. The van der Waals surface area contributed by atoms with E-state index < -0.39 is 0 Å². The van der Waals surface area contributed by atoms with E-state index >= 15 is 0 Å². The van der Waals surface area contributed by atoms with Crippen molar-refractivity contribution in [2.45, 2.75) is 55.8 Å². The average molecular weight is 628 g/mol. The molecule has 236 valence electrons. The van der Waals surface area contributed by atoms with Gasteiger partial charge in [0.1, 0.15) is 5.75 Å². The SMILES string of the molecule is CCOc1cc(/C=N/NC(=O)CSc2ccc(OC)cc2)ccc1OCC(=O)Nc1ccc(C23CC4CC(CC(C4)C2)C3)cc1. The van der Waals surface area contributed by atoms with Crippen molar-refractivity contribution in [2.24, 2.45) is 22.9 Å². The molecule has 4 saturated carbocycles. The van der Waals surface area contributed by atoms with Crippen LogP contribution in [0.2, 0.25) is 0 Å². The molecule has 0 spiro atoms. The van der Waals surface area contributed by atoms with Gasteiger partial charge in [-0.05, 0) is 134 Å². The van der Waals surface area contributed by atoms with E-state index in [4.69, 9.17) is 14.2 Å². The molecule has 0 heterocycles. The molecule has 2 amide bonds. The summed E-state index contributed by atoms with van der Waals surface area (Å²) >= 11 is 1.41. The number of amides is 2. The number of ether oxygens (including phenoxy) is 3. The van der Waals surface area contributed by atoms with Crippen LogP contribution in [0.1, 0.15) is 56.6 Å². The molecule has 0 aromatic heterocycles. The van der Waals surface area contributed by atoms with E-state index in [0.29, 0.717) is 23.5 Å². The fourth-order valence-corrected chi connectivity index (χ4v) is 8.43. The Labute approximate surface area is 269 Å². The molecule has 45 heavy (non-hydrogen) atoms. The molecule has 8 nitrogen and oxygen atoms in total. The van der Waals surface area contributed by atoms with Crippen molar-refractivity contribution in [2.75, 3.05) is 31.4 Å². The fraction of sp³-hybridized carbons (Fsp3) is 0.417. The lowest BCUT2D eigenvalue weighted by molar-refractivity contribution is -0.119. The van der Waals surface area contributed by atoms with E-state index in [1.165, 1.54) is 55.9 Å². The highest BCUT2D eigenvalue weighted by Gasteiger charge is 2.51. The number of anilines is 1. The van der Waals surface area contributed by atoms with E-state index in [1.807, 2.05) is 43.3 Å². The van der Waals surface area contributed by atoms with Crippen molar-refractivity contribution in [3.8, 4) is 17.2 Å². The Balaban J connectivity index is 0.980. The van der Waals surface area contributed by atoms with Gasteiger partial charge in [0, 0.05) is 10.6 Å². The van der Waals surface area contributed by atoms with Gasteiger partial charge in [-0.15, -0.1) is 11.8 Å². The van der Waals surface area contributed by atoms with Gasteiger partial charge in [-0.2, -0.15) is 5.10 Å². The topological polar surface area (TPSA) is 98.2 Å². The lowest BCUT2D eigenvalue weighted by Gasteiger charge is -2.57. The Morgan fingerprint density at radius 2 is 1.58 bits per heavy atom. The summed E-state index contributed by atoms with van der Waals surface area (Å²) in [5.41, 5.74) is 5.83. The lowest BCUT2D eigenvalue weighted by Crippen LogP contribution is -2.48. The second-order valence-corrected chi connectivity index (χ2v) is 13.6. The molecule has 0 unspecified atom stereocenters. The Morgan fingerprint density at radius 1 is 0.889 bits per heavy atom. The van der Waals surface area contributed by atoms with Crippen LogP contribution < -0.4 is 25.0 Å². The van der Waals surface area contributed by atoms with Crippen LogP contribution in [0, 0.1) is 17.8 Å². The Kier molecular flexibility index (Phi) is 9.64. The average Bonchev–Trinajstić information content (AvgIpc) is 3.03. The minimum atomic E-state index is -0.235. The molecule has 4 aliphatic carbocycles. The van der Waals surface area contributed by atoms with Gasteiger partial charge in [0.2, 0.25) is 5.91 Å². The van der Waals surface area contributed by atoms with E-state index in [2.05, 4.69) is 28.0 Å². The van der Waals surface area contributed by atoms with E-state index in [0.717, 1.165) is 39.6 Å². The molecule has 3 aromatic rings. The van der Waals surface area contributed by atoms with Crippen molar-refractivity contribution in [3.05, 3.63) is 77.9 Å². The molecule has 2 N–H and O–H groups in total. The molecule has 0 saturated heterocycles. The van der Waals surface area contributed by atoms with Gasteiger partial charge >= 0.3 is 0 Å². The number of nitrogens with zero attached hydrogens (tertiary/aromatic N) is 1. The van der Waals surface area contributed by atoms with Crippen LogP contribution in [0.3, 0.4) is 0 Å². The van der Waals surface area contributed by atoms with E-state index in [1.54, 1.807) is 31.5 Å². The summed E-state index contributed by atoms with van der Waals surface area (Å²) in [5, 5.41) is 7.04. The zero-order chi connectivity index (χ0) is 31.2. The van der Waals surface area contributed by atoms with Crippen molar-refractivity contribution >= 4 is 35.5 Å². The summed E-state index contributed by atoms with van der Waals surface area (Å²) < 4.78 is 16.7.